The third-order valence-electron chi connectivity index (χ3n) is 5.81. The molecule has 8 heteroatoms. The van der Waals surface area contributed by atoms with E-state index in [1.165, 1.54) is 7.11 Å². The van der Waals surface area contributed by atoms with Gasteiger partial charge in [-0.1, -0.05) is 12.1 Å². The number of hydroxylamine groups is 1. The van der Waals surface area contributed by atoms with E-state index in [1.54, 1.807) is 4.90 Å². The zero-order valence-corrected chi connectivity index (χ0v) is 19.6. The number of benzene rings is 1. The molecule has 1 aromatic rings. The number of carbonyl (C=O) groups is 2. The molecule has 2 heterocycles. The zero-order valence-electron chi connectivity index (χ0n) is 19.6. The van der Waals surface area contributed by atoms with Crippen molar-refractivity contribution >= 4 is 12.1 Å². The Labute approximate surface area is 190 Å². The Morgan fingerprint density at radius 2 is 1.84 bits per heavy atom. The highest BCUT2D eigenvalue weighted by atomic mass is 16.7. The number of ether oxygens (including phenoxy) is 3. The molecule has 1 aromatic carbocycles. The molecular weight excluding hydrogens is 412 g/mol. The van der Waals surface area contributed by atoms with Gasteiger partial charge >= 0.3 is 12.1 Å². The molecule has 0 bridgehead atoms. The standard InChI is InChI=1S/C24H36N2O6/c1-24(2,3)31-23(28)26-13-11-17(12-14-26)16-30-19-7-5-18(6-8-19)21-15-20(32-25-21)9-10-22(27)29-4/h5-8,17,20-21,25H,9-16H2,1-4H3. The van der Waals surface area contributed by atoms with Gasteiger partial charge in [0.05, 0.1) is 25.9 Å². The van der Waals surface area contributed by atoms with Crippen molar-refractivity contribution in [3.05, 3.63) is 29.8 Å². The lowest BCUT2D eigenvalue weighted by atomic mass is 9.98. The molecular formula is C24H36N2O6. The number of hydrogen-bond acceptors (Lipinski definition) is 7. The van der Waals surface area contributed by atoms with Crippen LogP contribution in [0.2, 0.25) is 0 Å². The SMILES string of the molecule is COC(=O)CCC1CC(c2ccc(OCC3CCN(C(=O)OC(C)(C)C)CC3)cc2)NO1. The Bertz CT molecular complexity index is 753. The van der Waals surface area contributed by atoms with E-state index in [0.29, 0.717) is 38.5 Å². The summed E-state index contributed by atoms with van der Waals surface area (Å²) >= 11 is 0. The number of likely N-dealkylation sites (tertiary alicyclic amines) is 1. The van der Waals surface area contributed by atoms with E-state index in [2.05, 4.69) is 10.2 Å². The normalized spacial score (nSPS) is 21.9. The van der Waals surface area contributed by atoms with Crippen molar-refractivity contribution in [2.24, 2.45) is 5.92 Å². The van der Waals surface area contributed by atoms with Gasteiger partial charge in [-0.15, -0.1) is 0 Å². The maximum absolute atomic E-state index is 12.2. The van der Waals surface area contributed by atoms with Gasteiger partial charge in [-0.05, 0) is 70.1 Å². The summed E-state index contributed by atoms with van der Waals surface area (Å²) in [7, 11) is 1.40. The van der Waals surface area contributed by atoms with Gasteiger partial charge < -0.3 is 19.1 Å². The second kappa shape index (κ2) is 11.0. The molecule has 32 heavy (non-hydrogen) atoms. The molecule has 8 nitrogen and oxygen atoms in total. The van der Waals surface area contributed by atoms with E-state index in [4.69, 9.17) is 14.3 Å². The fourth-order valence-corrected chi connectivity index (χ4v) is 3.92. The molecule has 2 fully saturated rings. The predicted molar refractivity (Wildman–Crippen MR) is 119 cm³/mol. The number of hydrogen-bond donors (Lipinski definition) is 1. The maximum Gasteiger partial charge on any atom is 0.410 e. The van der Waals surface area contributed by atoms with Crippen LogP contribution in [0.3, 0.4) is 0 Å². The minimum Gasteiger partial charge on any atom is -0.493 e. The molecule has 1 N–H and O–H groups in total. The smallest absolute Gasteiger partial charge is 0.410 e. The molecule has 0 aromatic heterocycles. The third kappa shape index (κ3) is 7.38. The van der Waals surface area contributed by atoms with E-state index >= 15 is 0 Å². The topological polar surface area (TPSA) is 86.3 Å². The van der Waals surface area contributed by atoms with Gasteiger partial charge in [-0.3, -0.25) is 9.63 Å². The second-order valence-corrected chi connectivity index (χ2v) is 9.55. The van der Waals surface area contributed by atoms with Crippen molar-refractivity contribution in [1.29, 1.82) is 0 Å². The largest absolute Gasteiger partial charge is 0.493 e. The molecule has 0 aliphatic carbocycles. The van der Waals surface area contributed by atoms with Crippen LogP contribution in [-0.2, 0) is 19.1 Å². The molecule has 2 aliphatic heterocycles. The van der Waals surface area contributed by atoms with Crippen LogP contribution in [-0.4, -0.2) is 55.5 Å². The third-order valence-corrected chi connectivity index (χ3v) is 5.81. The highest BCUT2D eigenvalue weighted by Gasteiger charge is 2.28. The van der Waals surface area contributed by atoms with E-state index in [-0.39, 0.29) is 24.2 Å². The molecule has 2 aliphatic rings. The Morgan fingerprint density at radius 1 is 1.16 bits per heavy atom. The molecule has 2 unspecified atom stereocenters. The monoisotopic (exact) mass is 448 g/mol. The first-order valence-electron chi connectivity index (χ1n) is 11.4. The fraction of sp³-hybridized carbons (Fsp3) is 0.667. The number of piperidine rings is 1. The summed E-state index contributed by atoms with van der Waals surface area (Å²) in [5.74, 6) is 1.05. The highest BCUT2D eigenvalue weighted by Crippen LogP contribution is 2.29. The minimum atomic E-state index is -0.465. The van der Waals surface area contributed by atoms with Crippen LogP contribution in [0.25, 0.3) is 0 Å². The van der Waals surface area contributed by atoms with Crippen LogP contribution < -0.4 is 10.2 Å². The number of amides is 1. The van der Waals surface area contributed by atoms with Crippen molar-refractivity contribution in [1.82, 2.24) is 10.4 Å². The predicted octanol–water partition coefficient (Wildman–Crippen LogP) is 4.00. The average molecular weight is 449 g/mol. The molecule has 0 radical (unpaired) electrons. The molecule has 178 valence electrons. The van der Waals surface area contributed by atoms with Crippen molar-refractivity contribution in [3.63, 3.8) is 0 Å². The van der Waals surface area contributed by atoms with E-state index in [0.717, 1.165) is 30.6 Å². The van der Waals surface area contributed by atoms with Gasteiger partial charge in [-0.2, -0.15) is 5.48 Å². The molecule has 2 saturated heterocycles. The quantitative estimate of drug-likeness (QED) is 0.631. The number of carbonyl (C=O) groups excluding carboxylic acids is 2. The maximum atomic E-state index is 12.2. The summed E-state index contributed by atoms with van der Waals surface area (Å²) in [6, 6.07) is 8.15. The number of esters is 1. The number of methoxy groups -OCH3 is 1. The molecule has 1 amide bonds. The first-order chi connectivity index (χ1) is 15.2. The first kappa shape index (κ1) is 24.3. The summed E-state index contributed by atoms with van der Waals surface area (Å²) in [5.41, 5.74) is 3.72. The number of rotatable bonds is 7. The van der Waals surface area contributed by atoms with Gasteiger partial charge in [0.15, 0.2) is 0 Å². The summed E-state index contributed by atoms with van der Waals surface area (Å²) in [6.07, 6.45) is 3.41. The molecule has 2 atom stereocenters. The van der Waals surface area contributed by atoms with Crippen LogP contribution in [0.4, 0.5) is 4.79 Å². The lowest BCUT2D eigenvalue weighted by Crippen LogP contribution is -2.42. The van der Waals surface area contributed by atoms with Crippen LogP contribution >= 0.6 is 0 Å². The van der Waals surface area contributed by atoms with Crippen LogP contribution in [0.1, 0.15) is 64.5 Å². The van der Waals surface area contributed by atoms with Gasteiger partial charge in [0.25, 0.3) is 0 Å². The van der Waals surface area contributed by atoms with Crippen molar-refractivity contribution in [2.45, 2.75) is 70.6 Å². The summed E-state index contributed by atoms with van der Waals surface area (Å²) in [5, 5.41) is 0. The van der Waals surface area contributed by atoms with Crippen molar-refractivity contribution in [3.8, 4) is 5.75 Å². The van der Waals surface area contributed by atoms with E-state index in [9.17, 15) is 9.59 Å². The van der Waals surface area contributed by atoms with E-state index < -0.39 is 5.60 Å². The molecule has 0 saturated carbocycles. The Hall–Kier alpha value is -2.32. The van der Waals surface area contributed by atoms with Crippen LogP contribution in [0.5, 0.6) is 5.75 Å². The summed E-state index contributed by atoms with van der Waals surface area (Å²) < 4.78 is 16.1. The zero-order chi connectivity index (χ0) is 23.1. The summed E-state index contributed by atoms with van der Waals surface area (Å²) in [6.45, 7) is 7.70. The molecule has 0 spiro atoms. The first-order valence-corrected chi connectivity index (χ1v) is 11.4. The fourth-order valence-electron chi connectivity index (χ4n) is 3.92. The van der Waals surface area contributed by atoms with Crippen LogP contribution in [0.15, 0.2) is 24.3 Å². The van der Waals surface area contributed by atoms with Crippen LogP contribution in [0, 0.1) is 5.92 Å². The lowest BCUT2D eigenvalue weighted by Gasteiger charge is -2.33. The average Bonchev–Trinajstić information content (AvgIpc) is 3.24. The Balaban J connectivity index is 1.38. The second-order valence-electron chi connectivity index (χ2n) is 9.55. The van der Waals surface area contributed by atoms with Gasteiger partial charge in [-0.25, -0.2) is 4.79 Å². The van der Waals surface area contributed by atoms with Gasteiger partial charge in [0.1, 0.15) is 11.4 Å². The lowest BCUT2D eigenvalue weighted by molar-refractivity contribution is -0.141. The van der Waals surface area contributed by atoms with Crippen molar-refractivity contribution < 1.29 is 28.6 Å². The Kier molecular flexibility index (Phi) is 8.37. The highest BCUT2D eigenvalue weighted by molar-refractivity contribution is 5.69. The van der Waals surface area contributed by atoms with Crippen molar-refractivity contribution in [2.75, 3.05) is 26.8 Å². The summed E-state index contributed by atoms with van der Waals surface area (Å²) in [4.78, 5) is 30.9. The number of nitrogens with one attached hydrogen (secondary N) is 1. The van der Waals surface area contributed by atoms with E-state index in [1.807, 2.05) is 45.0 Å². The van der Waals surface area contributed by atoms with Gasteiger partial charge in [0.2, 0.25) is 0 Å². The number of nitrogens with zero attached hydrogens (tertiary/aromatic N) is 1. The molecule has 3 rings (SSSR count). The minimum absolute atomic E-state index is 0.00146. The Morgan fingerprint density at radius 3 is 2.47 bits per heavy atom. The van der Waals surface area contributed by atoms with Gasteiger partial charge in [0, 0.05) is 19.5 Å².